The molecule has 108 valence electrons. The molecule has 1 N–H and O–H groups in total. The van der Waals surface area contributed by atoms with Gasteiger partial charge in [0, 0.05) is 12.6 Å². The first kappa shape index (κ1) is 13.6. The summed E-state index contributed by atoms with van der Waals surface area (Å²) in [5, 5.41) is 4.62. The van der Waals surface area contributed by atoms with Crippen molar-refractivity contribution in [1.29, 1.82) is 0 Å². The Morgan fingerprint density at radius 1 is 1.00 bits per heavy atom. The maximum atomic E-state index is 5.92. The van der Waals surface area contributed by atoms with Crippen molar-refractivity contribution in [3.63, 3.8) is 0 Å². The molecule has 3 aliphatic rings. The first-order chi connectivity index (χ1) is 9.34. The van der Waals surface area contributed by atoms with E-state index >= 15 is 0 Å². The van der Waals surface area contributed by atoms with Gasteiger partial charge < -0.3 is 15.0 Å². The molecule has 0 spiro atoms. The summed E-state index contributed by atoms with van der Waals surface area (Å²) in [7, 11) is 0. The SMILES string of the molecule is S=C(NC1CCCCC1)N1CCOC2CCCCC21. The highest BCUT2D eigenvalue weighted by molar-refractivity contribution is 7.80. The molecule has 0 amide bonds. The van der Waals surface area contributed by atoms with Gasteiger partial charge in [-0.3, -0.25) is 0 Å². The Labute approximate surface area is 122 Å². The lowest BCUT2D eigenvalue weighted by Crippen LogP contribution is -2.58. The van der Waals surface area contributed by atoms with Crippen molar-refractivity contribution in [3.8, 4) is 0 Å². The third kappa shape index (κ3) is 3.22. The highest BCUT2D eigenvalue weighted by atomic mass is 32.1. The summed E-state index contributed by atoms with van der Waals surface area (Å²) < 4.78 is 5.92. The van der Waals surface area contributed by atoms with E-state index in [1.165, 1.54) is 57.8 Å². The topological polar surface area (TPSA) is 24.5 Å². The highest BCUT2D eigenvalue weighted by Gasteiger charge is 2.35. The first-order valence-electron chi connectivity index (χ1n) is 8.03. The molecule has 3 rings (SSSR count). The predicted octanol–water partition coefficient (Wildman–Crippen LogP) is 2.84. The summed E-state index contributed by atoms with van der Waals surface area (Å²) in [6.45, 7) is 1.81. The summed E-state index contributed by atoms with van der Waals surface area (Å²) in [6, 6.07) is 1.15. The van der Waals surface area contributed by atoms with Crippen molar-refractivity contribution < 1.29 is 4.74 Å². The molecule has 1 aliphatic heterocycles. The molecule has 3 nitrogen and oxygen atoms in total. The summed E-state index contributed by atoms with van der Waals surface area (Å²) in [5.74, 6) is 0. The number of ether oxygens (including phenoxy) is 1. The molecule has 2 atom stereocenters. The van der Waals surface area contributed by atoms with Crippen molar-refractivity contribution in [2.24, 2.45) is 0 Å². The average Bonchev–Trinajstić information content (AvgIpc) is 2.47. The molecule has 2 unspecified atom stereocenters. The minimum atomic E-state index is 0.425. The average molecular weight is 282 g/mol. The van der Waals surface area contributed by atoms with E-state index in [-0.39, 0.29) is 0 Å². The van der Waals surface area contributed by atoms with Crippen LogP contribution in [0.1, 0.15) is 57.8 Å². The Bertz CT molecular complexity index is 315. The third-order valence-corrected chi connectivity index (χ3v) is 5.28. The van der Waals surface area contributed by atoms with Crippen LogP contribution in [0.25, 0.3) is 0 Å². The van der Waals surface area contributed by atoms with Gasteiger partial charge in [0.15, 0.2) is 5.11 Å². The van der Waals surface area contributed by atoms with E-state index < -0.39 is 0 Å². The summed E-state index contributed by atoms with van der Waals surface area (Å²) >= 11 is 5.68. The molecule has 2 aliphatic carbocycles. The van der Waals surface area contributed by atoms with Crippen LogP contribution in [0.2, 0.25) is 0 Å². The van der Waals surface area contributed by atoms with Gasteiger partial charge in [-0.2, -0.15) is 0 Å². The van der Waals surface area contributed by atoms with Crippen molar-refractivity contribution in [3.05, 3.63) is 0 Å². The van der Waals surface area contributed by atoms with E-state index in [2.05, 4.69) is 10.2 Å². The number of thiocarbonyl (C=S) groups is 1. The van der Waals surface area contributed by atoms with Gasteiger partial charge >= 0.3 is 0 Å². The van der Waals surface area contributed by atoms with Crippen molar-refractivity contribution in [2.45, 2.75) is 76.0 Å². The Morgan fingerprint density at radius 2 is 1.74 bits per heavy atom. The quantitative estimate of drug-likeness (QED) is 0.748. The standard InChI is InChI=1S/C15H26N2OS/c19-15(16-12-6-2-1-3-7-12)17-10-11-18-14-9-5-4-8-13(14)17/h12-14H,1-11H2,(H,16,19). The second kappa shape index (κ2) is 6.40. The molecular weight excluding hydrogens is 256 g/mol. The zero-order valence-corrected chi connectivity index (χ0v) is 12.6. The van der Waals surface area contributed by atoms with Crippen LogP contribution in [-0.2, 0) is 4.74 Å². The molecule has 4 heteroatoms. The molecule has 0 aromatic heterocycles. The van der Waals surface area contributed by atoms with Gasteiger partial charge in [-0.15, -0.1) is 0 Å². The van der Waals surface area contributed by atoms with Gasteiger partial charge in [-0.05, 0) is 37.9 Å². The van der Waals surface area contributed by atoms with Gasteiger partial charge in [0.1, 0.15) is 0 Å². The van der Waals surface area contributed by atoms with Crippen LogP contribution in [0.4, 0.5) is 0 Å². The number of rotatable bonds is 1. The molecule has 1 saturated heterocycles. The van der Waals surface area contributed by atoms with Gasteiger partial charge in [0.25, 0.3) is 0 Å². The van der Waals surface area contributed by atoms with Crippen LogP contribution in [0.5, 0.6) is 0 Å². The van der Waals surface area contributed by atoms with Crippen molar-refractivity contribution in [2.75, 3.05) is 13.2 Å². The number of hydrogen-bond acceptors (Lipinski definition) is 2. The zero-order chi connectivity index (χ0) is 13.1. The first-order valence-corrected chi connectivity index (χ1v) is 8.44. The number of nitrogens with one attached hydrogen (secondary N) is 1. The molecule has 0 radical (unpaired) electrons. The monoisotopic (exact) mass is 282 g/mol. The number of fused-ring (bicyclic) bond motifs is 1. The molecule has 0 aromatic rings. The number of hydrogen-bond donors (Lipinski definition) is 1. The van der Waals surface area contributed by atoms with Gasteiger partial charge in [-0.25, -0.2) is 0 Å². The molecule has 0 bridgehead atoms. The van der Waals surface area contributed by atoms with Crippen LogP contribution >= 0.6 is 12.2 Å². The summed E-state index contributed by atoms with van der Waals surface area (Å²) in [5.41, 5.74) is 0. The van der Waals surface area contributed by atoms with Crippen LogP contribution in [0.15, 0.2) is 0 Å². The fourth-order valence-corrected chi connectivity index (χ4v) is 4.25. The summed E-state index contributed by atoms with van der Waals surface area (Å²) in [6.07, 6.45) is 12.2. The zero-order valence-electron chi connectivity index (χ0n) is 11.8. The minimum absolute atomic E-state index is 0.425. The second-order valence-electron chi connectivity index (χ2n) is 6.24. The molecule has 2 saturated carbocycles. The lowest BCUT2D eigenvalue weighted by atomic mass is 9.90. The van der Waals surface area contributed by atoms with Crippen LogP contribution in [-0.4, -0.2) is 41.4 Å². The van der Waals surface area contributed by atoms with E-state index in [4.69, 9.17) is 17.0 Å². The fraction of sp³-hybridized carbons (Fsp3) is 0.933. The van der Waals surface area contributed by atoms with Gasteiger partial charge in [0.2, 0.25) is 0 Å². The molecule has 0 aromatic carbocycles. The van der Waals surface area contributed by atoms with Crippen LogP contribution < -0.4 is 5.32 Å². The minimum Gasteiger partial charge on any atom is -0.374 e. The lowest BCUT2D eigenvalue weighted by Gasteiger charge is -2.45. The van der Waals surface area contributed by atoms with Crippen LogP contribution in [0, 0.1) is 0 Å². The largest absolute Gasteiger partial charge is 0.374 e. The summed E-state index contributed by atoms with van der Waals surface area (Å²) in [4.78, 5) is 2.43. The Balaban J connectivity index is 1.58. The van der Waals surface area contributed by atoms with E-state index in [9.17, 15) is 0 Å². The Kier molecular flexibility index (Phi) is 4.59. The predicted molar refractivity (Wildman–Crippen MR) is 81.3 cm³/mol. The highest BCUT2D eigenvalue weighted by Crippen LogP contribution is 2.28. The van der Waals surface area contributed by atoms with E-state index in [1.807, 2.05) is 0 Å². The maximum absolute atomic E-state index is 5.92. The van der Waals surface area contributed by atoms with Crippen LogP contribution in [0.3, 0.4) is 0 Å². The van der Waals surface area contributed by atoms with Gasteiger partial charge in [0.05, 0.1) is 18.8 Å². The molecular formula is C15H26N2OS. The molecule has 19 heavy (non-hydrogen) atoms. The second-order valence-corrected chi connectivity index (χ2v) is 6.63. The molecule has 3 fully saturated rings. The Morgan fingerprint density at radius 3 is 2.58 bits per heavy atom. The van der Waals surface area contributed by atoms with E-state index in [0.717, 1.165) is 18.3 Å². The molecule has 1 heterocycles. The van der Waals surface area contributed by atoms with Crippen molar-refractivity contribution >= 4 is 17.3 Å². The van der Waals surface area contributed by atoms with Crippen molar-refractivity contribution in [1.82, 2.24) is 10.2 Å². The van der Waals surface area contributed by atoms with Gasteiger partial charge in [-0.1, -0.05) is 32.1 Å². The maximum Gasteiger partial charge on any atom is 0.169 e. The van der Waals surface area contributed by atoms with E-state index in [1.54, 1.807) is 0 Å². The van der Waals surface area contributed by atoms with E-state index in [0.29, 0.717) is 18.2 Å². The number of morpholine rings is 1. The Hall–Kier alpha value is -0.350. The number of nitrogens with zero attached hydrogens (tertiary/aromatic N) is 1. The smallest absolute Gasteiger partial charge is 0.169 e. The third-order valence-electron chi connectivity index (χ3n) is 4.93. The lowest BCUT2D eigenvalue weighted by molar-refractivity contribution is -0.0640. The normalized spacial score (nSPS) is 32.7. The fourth-order valence-electron chi connectivity index (χ4n) is 3.85.